The van der Waals surface area contributed by atoms with Gasteiger partial charge in [-0.2, -0.15) is 0 Å². The normalized spacial score (nSPS) is 11.3. The summed E-state index contributed by atoms with van der Waals surface area (Å²) in [5, 5.41) is 0. The minimum absolute atomic E-state index is 0.400. The molecular formula is C20H18Se3. The molecule has 0 aromatic heterocycles. The van der Waals surface area contributed by atoms with Crippen LogP contribution in [0.5, 0.6) is 0 Å². The summed E-state index contributed by atoms with van der Waals surface area (Å²) < 4.78 is 4.94. The Morgan fingerprint density at radius 3 is 1.00 bits per heavy atom. The van der Waals surface area contributed by atoms with Gasteiger partial charge < -0.3 is 0 Å². The third-order valence-electron chi connectivity index (χ3n) is 3.14. The summed E-state index contributed by atoms with van der Waals surface area (Å²) in [5.74, 6) is 0. The molecule has 0 aliphatic carbocycles. The third kappa shape index (κ3) is 5.37. The van der Waals surface area contributed by atoms with Gasteiger partial charge in [-0.25, -0.2) is 0 Å². The van der Waals surface area contributed by atoms with Gasteiger partial charge in [-0.15, -0.1) is 0 Å². The summed E-state index contributed by atoms with van der Waals surface area (Å²) in [6, 6.07) is 33.1. The number of hydrogen-bond acceptors (Lipinski definition) is 0. The molecule has 0 saturated heterocycles. The summed E-state index contributed by atoms with van der Waals surface area (Å²) in [5.41, 5.74) is 0. The summed E-state index contributed by atoms with van der Waals surface area (Å²) in [4.78, 5) is 0. The molecule has 0 saturated carbocycles. The van der Waals surface area contributed by atoms with E-state index < -0.39 is 0 Å². The second-order valence-electron chi connectivity index (χ2n) is 5.11. The molecule has 0 nitrogen and oxygen atoms in total. The average Bonchev–Trinajstić information content (AvgIpc) is 2.57. The molecule has 3 aromatic carbocycles. The SMILES string of the molecule is CC([Se]c1ccccc1)([Se]c1ccccc1)[Se]c1ccccc1. The maximum atomic E-state index is 2.50. The van der Waals surface area contributed by atoms with E-state index in [0.717, 1.165) is 0 Å². The van der Waals surface area contributed by atoms with Crippen LogP contribution in [0.3, 0.4) is 0 Å². The van der Waals surface area contributed by atoms with Crippen LogP contribution in [0.1, 0.15) is 6.92 Å². The first-order chi connectivity index (χ1) is 11.2. The van der Waals surface area contributed by atoms with Gasteiger partial charge >= 0.3 is 158 Å². The zero-order valence-corrected chi connectivity index (χ0v) is 18.0. The van der Waals surface area contributed by atoms with Crippen LogP contribution in [0.25, 0.3) is 0 Å². The van der Waals surface area contributed by atoms with Crippen molar-refractivity contribution in [1.82, 2.24) is 0 Å². The van der Waals surface area contributed by atoms with Crippen LogP contribution < -0.4 is 13.4 Å². The second kappa shape index (κ2) is 8.36. The predicted molar refractivity (Wildman–Crippen MR) is 104 cm³/mol. The van der Waals surface area contributed by atoms with Gasteiger partial charge in [0.15, 0.2) is 0 Å². The fourth-order valence-electron chi connectivity index (χ4n) is 2.17. The molecule has 0 N–H and O–H groups in total. The summed E-state index contributed by atoms with van der Waals surface area (Å²) in [6.45, 7) is 2.50. The molecule has 0 spiro atoms. The Kier molecular flexibility index (Phi) is 6.20. The van der Waals surface area contributed by atoms with Crippen molar-refractivity contribution in [1.29, 1.82) is 0 Å². The monoisotopic (exact) mass is 498 g/mol. The van der Waals surface area contributed by atoms with Gasteiger partial charge in [0.1, 0.15) is 0 Å². The van der Waals surface area contributed by atoms with Gasteiger partial charge in [-0.3, -0.25) is 0 Å². The molecule has 3 heteroatoms. The number of rotatable bonds is 6. The molecule has 3 aromatic rings. The van der Waals surface area contributed by atoms with E-state index in [1.807, 2.05) is 0 Å². The molecule has 0 bridgehead atoms. The van der Waals surface area contributed by atoms with E-state index in [9.17, 15) is 0 Å². The molecule has 3 rings (SSSR count). The fourth-order valence-corrected chi connectivity index (χ4v) is 14.6. The summed E-state index contributed by atoms with van der Waals surface area (Å²) in [6.07, 6.45) is 0. The molecule has 23 heavy (non-hydrogen) atoms. The van der Waals surface area contributed by atoms with Crippen molar-refractivity contribution in [2.45, 2.75) is 9.03 Å². The van der Waals surface area contributed by atoms with Crippen LogP contribution in [-0.2, 0) is 0 Å². The van der Waals surface area contributed by atoms with Crippen LogP contribution >= 0.6 is 0 Å². The van der Waals surface area contributed by atoms with Crippen molar-refractivity contribution < 1.29 is 0 Å². The van der Waals surface area contributed by atoms with Crippen LogP contribution in [0.15, 0.2) is 91.0 Å². The predicted octanol–water partition coefficient (Wildman–Crippen LogP) is 2.17. The van der Waals surface area contributed by atoms with Crippen molar-refractivity contribution in [2.24, 2.45) is 0 Å². The quantitative estimate of drug-likeness (QED) is 0.461. The molecule has 0 fully saturated rings. The van der Waals surface area contributed by atoms with Gasteiger partial charge in [0.2, 0.25) is 0 Å². The molecule has 116 valence electrons. The maximum absolute atomic E-state index is 2.50. The van der Waals surface area contributed by atoms with Gasteiger partial charge in [-0.1, -0.05) is 0 Å². The van der Waals surface area contributed by atoms with Gasteiger partial charge in [0.25, 0.3) is 0 Å². The van der Waals surface area contributed by atoms with Crippen molar-refractivity contribution in [2.75, 3.05) is 0 Å². The van der Waals surface area contributed by atoms with Crippen molar-refractivity contribution >= 4 is 58.3 Å². The van der Waals surface area contributed by atoms with Crippen LogP contribution in [-0.4, -0.2) is 44.9 Å². The molecule has 0 unspecified atom stereocenters. The van der Waals surface area contributed by atoms with Gasteiger partial charge in [0.05, 0.1) is 0 Å². The molecule has 0 atom stereocenters. The zero-order chi connectivity index (χ0) is 16.0. The van der Waals surface area contributed by atoms with E-state index in [1.54, 1.807) is 0 Å². The van der Waals surface area contributed by atoms with Crippen molar-refractivity contribution in [3.63, 3.8) is 0 Å². The molecular weight excluding hydrogens is 477 g/mol. The Morgan fingerprint density at radius 1 is 0.478 bits per heavy atom. The first kappa shape index (κ1) is 17.1. The van der Waals surface area contributed by atoms with E-state index in [1.165, 1.54) is 13.4 Å². The number of benzene rings is 3. The Morgan fingerprint density at radius 2 is 0.739 bits per heavy atom. The fraction of sp³-hybridized carbons (Fsp3) is 0.100. The number of hydrogen-bond donors (Lipinski definition) is 0. The van der Waals surface area contributed by atoms with E-state index in [2.05, 4.69) is 97.9 Å². The standard InChI is InChI=1S/C20H18Se3/c1-20(21-17-11-5-2-6-12-17,22-18-13-7-3-8-14-18)23-19-15-9-4-10-16-19/h2-16H,1H3. The zero-order valence-electron chi connectivity index (χ0n) is 12.9. The first-order valence-electron chi connectivity index (χ1n) is 7.46. The molecule has 0 radical (unpaired) electrons. The molecule has 0 aliphatic rings. The molecule has 0 amide bonds. The Balaban J connectivity index is 1.85. The van der Waals surface area contributed by atoms with Crippen LogP contribution in [0, 0.1) is 0 Å². The topological polar surface area (TPSA) is 0 Å². The van der Waals surface area contributed by atoms with E-state index >= 15 is 0 Å². The van der Waals surface area contributed by atoms with Crippen LogP contribution in [0.4, 0.5) is 0 Å². The average molecular weight is 495 g/mol. The second-order valence-corrected chi connectivity index (χ2v) is 18.4. The van der Waals surface area contributed by atoms with Crippen LogP contribution in [0.2, 0.25) is 2.11 Å². The first-order valence-corrected chi connectivity index (χ1v) is 12.6. The Hall–Kier alpha value is -0.782. The Labute approximate surface area is 157 Å². The van der Waals surface area contributed by atoms with Crippen molar-refractivity contribution in [3.05, 3.63) is 91.0 Å². The van der Waals surface area contributed by atoms with E-state index in [0.29, 0.717) is 47.0 Å². The molecule has 0 aliphatic heterocycles. The van der Waals surface area contributed by atoms with E-state index in [-0.39, 0.29) is 0 Å². The van der Waals surface area contributed by atoms with Gasteiger partial charge in [0, 0.05) is 0 Å². The van der Waals surface area contributed by atoms with Gasteiger partial charge in [-0.05, 0) is 0 Å². The third-order valence-corrected chi connectivity index (χ3v) is 14.1. The van der Waals surface area contributed by atoms with Crippen molar-refractivity contribution in [3.8, 4) is 0 Å². The Bertz CT molecular complexity index is 610. The summed E-state index contributed by atoms with van der Waals surface area (Å²) >= 11 is 1.46. The minimum atomic E-state index is 0.400. The molecule has 0 heterocycles. The van der Waals surface area contributed by atoms with E-state index in [4.69, 9.17) is 0 Å². The summed E-state index contributed by atoms with van der Waals surface area (Å²) in [7, 11) is 0.